The minimum atomic E-state index is -1.18. The molecule has 0 aromatic rings. The second-order valence-electron chi connectivity index (χ2n) is 4.01. The molecule has 0 aliphatic carbocycles. The lowest BCUT2D eigenvalue weighted by Crippen LogP contribution is -2.45. The first-order valence-corrected chi connectivity index (χ1v) is 5.71. The summed E-state index contributed by atoms with van der Waals surface area (Å²) in [5.41, 5.74) is 7.68. The van der Waals surface area contributed by atoms with Crippen molar-refractivity contribution in [3.05, 3.63) is 0 Å². The van der Waals surface area contributed by atoms with Crippen molar-refractivity contribution in [1.82, 2.24) is 10.4 Å². The zero-order valence-corrected chi connectivity index (χ0v) is 10.4. The highest BCUT2D eigenvalue weighted by Gasteiger charge is 2.17. The highest BCUT2D eigenvalue weighted by Crippen LogP contribution is 2.04. The van der Waals surface area contributed by atoms with Gasteiger partial charge < -0.3 is 21.1 Å². The van der Waals surface area contributed by atoms with Gasteiger partial charge in [0.05, 0.1) is 6.61 Å². The summed E-state index contributed by atoms with van der Waals surface area (Å²) in [4.78, 5) is 20.0. The Morgan fingerprint density at radius 1 is 1.28 bits per heavy atom. The summed E-state index contributed by atoms with van der Waals surface area (Å²) < 4.78 is 0. The molecule has 1 rings (SSSR count). The number of nitrogens with zero attached hydrogens (tertiary/aromatic N) is 1. The van der Waals surface area contributed by atoms with Crippen LogP contribution in [0.4, 0.5) is 0 Å². The summed E-state index contributed by atoms with van der Waals surface area (Å²) in [5.74, 6) is -1.97. The van der Waals surface area contributed by atoms with Crippen LogP contribution in [0.5, 0.6) is 0 Å². The molecule has 1 heterocycles. The first-order chi connectivity index (χ1) is 8.38. The molecule has 0 saturated carbocycles. The Morgan fingerprint density at radius 2 is 1.78 bits per heavy atom. The molecular weight excluding hydrogens is 242 g/mol. The van der Waals surface area contributed by atoms with Crippen LogP contribution in [0.15, 0.2) is 0 Å². The molecule has 0 unspecified atom stereocenters. The van der Waals surface area contributed by atoms with Gasteiger partial charge >= 0.3 is 11.9 Å². The highest BCUT2D eigenvalue weighted by molar-refractivity contribution is 5.73. The van der Waals surface area contributed by atoms with Crippen molar-refractivity contribution in [2.75, 3.05) is 19.7 Å². The van der Waals surface area contributed by atoms with E-state index in [-0.39, 0.29) is 0 Å². The van der Waals surface area contributed by atoms with Crippen molar-refractivity contribution in [1.29, 1.82) is 0 Å². The third-order valence-electron chi connectivity index (χ3n) is 2.37. The molecule has 0 aromatic heterocycles. The number of carboxylic acids is 2. The number of aliphatic carboxylic acids is 2. The van der Waals surface area contributed by atoms with Crippen LogP contribution < -0.4 is 11.2 Å². The molecule has 0 spiro atoms. The maximum Gasteiger partial charge on any atom is 0.322 e. The lowest BCUT2D eigenvalue weighted by Gasteiger charge is -2.19. The lowest BCUT2D eigenvalue weighted by molar-refractivity contribution is -0.141. The molecular formula is C10H21N3O5. The monoisotopic (exact) mass is 263 g/mol. The fraction of sp³-hybridized carbons (Fsp3) is 0.800. The van der Waals surface area contributed by atoms with E-state index >= 15 is 0 Å². The number of carboxylic acid groups (broad SMARTS) is 2. The number of aliphatic hydroxyl groups excluding tert-OH is 1. The number of hydrogen-bond donors (Lipinski definition) is 5. The van der Waals surface area contributed by atoms with Crippen molar-refractivity contribution < 1.29 is 24.9 Å². The summed E-state index contributed by atoms with van der Waals surface area (Å²) in [7, 11) is 0. The van der Waals surface area contributed by atoms with Crippen LogP contribution in [0.3, 0.4) is 0 Å². The number of rotatable bonds is 5. The molecule has 0 radical (unpaired) electrons. The van der Waals surface area contributed by atoms with E-state index in [1.165, 1.54) is 12.8 Å². The standard InChI is InChI=1S/C7H14N2O2.C3H7NO3/c1-6(7(10)11)8-9-4-2-3-5-9;4-2(1-5)3(6)7/h6,8H,2-5H2,1H3,(H,10,11);2,5H,1,4H2,(H,6,7)/t6-;2-/m00/s1. The average Bonchev–Trinajstić information content (AvgIpc) is 2.81. The first kappa shape index (κ1) is 16.8. The maximum absolute atomic E-state index is 10.4. The molecule has 0 bridgehead atoms. The molecule has 6 N–H and O–H groups in total. The Bertz CT molecular complexity index is 268. The lowest BCUT2D eigenvalue weighted by atomic mass is 10.3. The van der Waals surface area contributed by atoms with Crippen LogP contribution in [0, 0.1) is 0 Å². The molecule has 1 saturated heterocycles. The van der Waals surface area contributed by atoms with E-state index in [4.69, 9.17) is 21.1 Å². The van der Waals surface area contributed by atoms with Crippen LogP contribution in [-0.4, -0.2) is 64.0 Å². The van der Waals surface area contributed by atoms with E-state index in [0.29, 0.717) is 0 Å². The Morgan fingerprint density at radius 3 is 2.06 bits per heavy atom. The van der Waals surface area contributed by atoms with E-state index in [1.807, 2.05) is 5.01 Å². The molecule has 8 heteroatoms. The zero-order valence-electron chi connectivity index (χ0n) is 10.4. The molecule has 0 amide bonds. The van der Waals surface area contributed by atoms with Crippen molar-refractivity contribution in [3.8, 4) is 0 Å². The predicted octanol–water partition coefficient (Wildman–Crippen LogP) is -1.55. The molecule has 18 heavy (non-hydrogen) atoms. The third-order valence-corrected chi connectivity index (χ3v) is 2.37. The van der Waals surface area contributed by atoms with Crippen LogP contribution in [0.25, 0.3) is 0 Å². The minimum absolute atomic E-state index is 0.465. The average molecular weight is 263 g/mol. The number of aliphatic hydroxyl groups is 1. The minimum Gasteiger partial charge on any atom is -0.480 e. The number of carbonyl (C=O) groups is 2. The summed E-state index contributed by atoms with van der Waals surface area (Å²) in [6, 6.07) is -1.59. The number of hydrogen-bond acceptors (Lipinski definition) is 6. The second kappa shape index (κ2) is 8.81. The number of nitrogens with one attached hydrogen (secondary N) is 1. The molecule has 106 valence electrons. The molecule has 2 atom stereocenters. The van der Waals surface area contributed by atoms with E-state index in [1.54, 1.807) is 6.92 Å². The molecule has 0 aromatic carbocycles. The van der Waals surface area contributed by atoms with Crippen LogP contribution in [0.2, 0.25) is 0 Å². The Kier molecular flexibility index (Phi) is 8.21. The molecule has 1 aliphatic heterocycles. The van der Waals surface area contributed by atoms with Crippen LogP contribution >= 0.6 is 0 Å². The maximum atomic E-state index is 10.4. The van der Waals surface area contributed by atoms with Crippen molar-refractivity contribution >= 4 is 11.9 Å². The molecule has 8 nitrogen and oxygen atoms in total. The third kappa shape index (κ3) is 7.17. The topological polar surface area (TPSA) is 136 Å². The fourth-order valence-corrected chi connectivity index (χ4v) is 1.25. The normalized spacial score (nSPS) is 18.6. The second-order valence-corrected chi connectivity index (χ2v) is 4.01. The van der Waals surface area contributed by atoms with Crippen molar-refractivity contribution in [2.24, 2.45) is 5.73 Å². The van der Waals surface area contributed by atoms with Gasteiger partial charge in [0.1, 0.15) is 12.1 Å². The molecule has 1 fully saturated rings. The zero-order chi connectivity index (χ0) is 14.1. The van der Waals surface area contributed by atoms with Gasteiger partial charge in [0.15, 0.2) is 0 Å². The fourth-order valence-electron chi connectivity index (χ4n) is 1.25. The summed E-state index contributed by atoms with van der Waals surface area (Å²) >= 11 is 0. The SMILES string of the molecule is C[C@H](NN1CCCC1)C(=O)O.N[C@@H](CO)C(=O)O. The summed E-state index contributed by atoms with van der Waals surface area (Å²) in [5, 5.41) is 26.4. The largest absolute Gasteiger partial charge is 0.480 e. The van der Waals surface area contributed by atoms with Gasteiger partial charge in [0, 0.05) is 13.1 Å². The van der Waals surface area contributed by atoms with Gasteiger partial charge in [-0.3, -0.25) is 9.59 Å². The Balaban J connectivity index is 0.000000360. The van der Waals surface area contributed by atoms with E-state index in [9.17, 15) is 9.59 Å². The van der Waals surface area contributed by atoms with Gasteiger partial charge in [-0.25, -0.2) is 10.4 Å². The smallest absolute Gasteiger partial charge is 0.322 e. The van der Waals surface area contributed by atoms with Gasteiger partial charge in [-0.2, -0.15) is 0 Å². The van der Waals surface area contributed by atoms with Crippen LogP contribution in [0.1, 0.15) is 19.8 Å². The van der Waals surface area contributed by atoms with Crippen LogP contribution in [-0.2, 0) is 9.59 Å². The van der Waals surface area contributed by atoms with Gasteiger partial charge in [0.2, 0.25) is 0 Å². The van der Waals surface area contributed by atoms with E-state index in [0.717, 1.165) is 13.1 Å². The van der Waals surface area contributed by atoms with E-state index < -0.39 is 30.6 Å². The van der Waals surface area contributed by atoms with Gasteiger partial charge in [-0.05, 0) is 19.8 Å². The van der Waals surface area contributed by atoms with Gasteiger partial charge in [-0.15, -0.1) is 0 Å². The summed E-state index contributed by atoms with van der Waals surface area (Å²) in [6.45, 7) is 3.09. The quantitative estimate of drug-likeness (QED) is 0.402. The van der Waals surface area contributed by atoms with Gasteiger partial charge in [-0.1, -0.05) is 0 Å². The Hall–Kier alpha value is -1.22. The van der Waals surface area contributed by atoms with Crippen molar-refractivity contribution in [2.45, 2.75) is 31.8 Å². The number of hydrazine groups is 1. The van der Waals surface area contributed by atoms with E-state index in [2.05, 4.69) is 5.43 Å². The molecule has 1 aliphatic rings. The first-order valence-electron chi connectivity index (χ1n) is 5.71. The predicted molar refractivity (Wildman–Crippen MR) is 63.7 cm³/mol. The highest BCUT2D eigenvalue weighted by atomic mass is 16.4. The summed E-state index contributed by atoms with van der Waals surface area (Å²) in [6.07, 6.45) is 2.33. The number of nitrogens with two attached hydrogens (primary N) is 1. The van der Waals surface area contributed by atoms with Crippen molar-refractivity contribution in [3.63, 3.8) is 0 Å². The Labute approximate surface area is 105 Å². The van der Waals surface area contributed by atoms with Gasteiger partial charge in [0.25, 0.3) is 0 Å².